The van der Waals surface area contributed by atoms with Crippen molar-refractivity contribution < 1.29 is 9.59 Å². The van der Waals surface area contributed by atoms with Crippen molar-refractivity contribution in [1.29, 1.82) is 0 Å². The molecule has 0 saturated carbocycles. The van der Waals surface area contributed by atoms with Crippen molar-refractivity contribution in [1.82, 2.24) is 4.90 Å². The van der Waals surface area contributed by atoms with Gasteiger partial charge in [-0.25, -0.2) is 0 Å². The second-order valence-electron chi connectivity index (χ2n) is 3.97. The Balaban J connectivity index is 2.28. The van der Waals surface area contributed by atoms with Crippen molar-refractivity contribution in [2.75, 3.05) is 0 Å². The van der Waals surface area contributed by atoms with Gasteiger partial charge in [-0.3, -0.25) is 14.5 Å². The molecule has 1 heterocycles. The molecule has 0 atom stereocenters. The Morgan fingerprint density at radius 2 is 1.50 bits per heavy atom. The fourth-order valence-electron chi connectivity index (χ4n) is 1.84. The number of carbonyl (C=O) groups excluding carboxylic acids is 2. The molecule has 3 heteroatoms. The maximum Gasteiger partial charge on any atom is 0.253 e. The van der Waals surface area contributed by atoms with E-state index in [-0.39, 0.29) is 11.8 Å². The molecule has 0 aliphatic carbocycles. The molecule has 0 N–H and O–H groups in total. The van der Waals surface area contributed by atoms with E-state index in [1.165, 1.54) is 17.1 Å². The molecule has 16 heavy (non-hydrogen) atoms. The second kappa shape index (κ2) is 3.93. The predicted octanol–water partition coefficient (Wildman–Crippen LogP) is 1.73. The monoisotopic (exact) mass is 215 g/mol. The van der Waals surface area contributed by atoms with Crippen LogP contribution in [0.3, 0.4) is 0 Å². The predicted molar refractivity (Wildman–Crippen MR) is 60.6 cm³/mol. The highest BCUT2D eigenvalue weighted by molar-refractivity contribution is 6.12. The Hall–Kier alpha value is -1.90. The van der Waals surface area contributed by atoms with Crippen LogP contribution in [0, 0.1) is 13.8 Å². The molecule has 1 aliphatic heterocycles. The largest absolute Gasteiger partial charge is 0.271 e. The normalized spacial score (nSPS) is 15.0. The summed E-state index contributed by atoms with van der Waals surface area (Å²) in [5.41, 5.74) is 3.26. The van der Waals surface area contributed by atoms with Crippen LogP contribution in [0.1, 0.15) is 16.7 Å². The summed E-state index contributed by atoms with van der Waals surface area (Å²) in [4.78, 5) is 24.1. The van der Waals surface area contributed by atoms with Crippen molar-refractivity contribution in [3.8, 4) is 0 Å². The number of hydrogen-bond donors (Lipinski definition) is 0. The molecule has 0 radical (unpaired) electrons. The van der Waals surface area contributed by atoms with Crippen LogP contribution < -0.4 is 0 Å². The molecule has 0 bridgehead atoms. The van der Waals surface area contributed by atoms with Gasteiger partial charge in [0.05, 0.1) is 6.54 Å². The Kier molecular flexibility index (Phi) is 2.60. The van der Waals surface area contributed by atoms with Gasteiger partial charge in [-0.05, 0) is 30.5 Å². The number of aryl methyl sites for hydroxylation is 2. The first kappa shape index (κ1) is 10.6. The smallest absolute Gasteiger partial charge is 0.253 e. The van der Waals surface area contributed by atoms with E-state index in [4.69, 9.17) is 0 Å². The Morgan fingerprint density at radius 1 is 1.00 bits per heavy atom. The number of imide groups is 1. The van der Waals surface area contributed by atoms with Gasteiger partial charge in [0.1, 0.15) is 0 Å². The van der Waals surface area contributed by atoms with Crippen molar-refractivity contribution in [3.05, 3.63) is 47.0 Å². The lowest BCUT2D eigenvalue weighted by molar-refractivity contribution is -0.137. The highest BCUT2D eigenvalue weighted by Crippen LogP contribution is 2.17. The molecular weight excluding hydrogens is 202 g/mol. The van der Waals surface area contributed by atoms with Gasteiger partial charge in [0.25, 0.3) is 11.8 Å². The van der Waals surface area contributed by atoms with Gasteiger partial charge in [0.15, 0.2) is 0 Å². The zero-order valence-corrected chi connectivity index (χ0v) is 9.36. The topological polar surface area (TPSA) is 37.4 Å². The molecule has 82 valence electrons. The van der Waals surface area contributed by atoms with Crippen molar-refractivity contribution in [3.63, 3.8) is 0 Å². The minimum Gasteiger partial charge on any atom is -0.271 e. The van der Waals surface area contributed by atoms with Crippen LogP contribution in [0.4, 0.5) is 0 Å². The second-order valence-corrected chi connectivity index (χ2v) is 3.97. The lowest BCUT2D eigenvalue weighted by Crippen LogP contribution is -2.29. The summed E-state index contributed by atoms with van der Waals surface area (Å²) < 4.78 is 0. The third kappa shape index (κ3) is 1.76. The molecule has 1 aromatic carbocycles. The number of nitrogens with zero attached hydrogens (tertiary/aromatic N) is 1. The molecule has 0 fully saturated rings. The van der Waals surface area contributed by atoms with E-state index >= 15 is 0 Å². The highest BCUT2D eigenvalue weighted by atomic mass is 16.2. The third-order valence-corrected chi connectivity index (χ3v) is 2.86. The quantitative estimate of drug-likeness (QED) is 0.704. The summed E-state index contributed by atoms with van der Waals surface area (Å²) in [6.07, 6.45) is 2.63. The highest BCUT2D eigenvalue weighted by Gasteiger charge is 2.24. The van der Waals surface area contributed by atoms with Gasteiger partial charge in [-0.1, -0.05) is 18.2 Å². The van der Waals surface area contributed by atoms with Crippen LogP contribution in [-0.2, 0) is 16.1 Å². The van der Waals surface area contributed by atoms with Gasteiger partial charge in [0.2, 0.25) is 0 Å². The summed E-state index contributed by atoms with van der Waals surface area (Å²) in [5, 5.41) is 0. The molecule has 2 rings (SSSR count). The first-order valence-electron chi connectivity index (χ1n) is 5.18. The minimum atomic E-state index is -0.229. The Morgan fingerprint density at radius 3 is 2.00 bits per heavy atom. The van der Waals surface area contributed by atoms with E-state index in [1.54, 1.807) is 0 Å². The lowest BCUT2D eigenvalue weighted by Gasteiger charge is -2.17. The first-order chi connectivity index (χ1) is 7.59. The Labute approximate surface area is 94.4 Å². The Bertz CT molecular complexity index is 450. The molecule has 2 amide bonds. The van der Waals surface area contributed by atoms with Crippen LogP contribution in [-0.4, -0.2) is 16.7 Å². The van der Waals surface area contributed by atoms with Gasteiger partial charge in [0, 0.05) is 12.2 Å². The summed E-state index contributed by atoms with van der Waals surface area (Å²) in [6, 6.07) is 5.95. The third-order valence-electron chi connectivity index (χ3n) is 2.86. The van der Waals surface area contributed by atoms with E-state index in [0.717, 1.165) is 16.7 Å². The molecule has 3 nitrogen and oxygen atoms in total. The average Bonchev–Trinajstić information content (AvgIpc) is 2.54. The van der Waals surface area contributed by atoms with E-state index in [1.807, 2.05) is 32.0 Å². The molecule has 0 aromatic heterocycles. The molecular formula is C13H13NO2. The average molecular weight is 215 g/mol. The van der Waals surface area contributed by atoms with E-state index < -0.39 is 0 Å². The van der Waals surface area contributed by atoms with Crippen LogP contribution in [0.25, 0.3) is 0 Å². The lowest BCUT2D eigenvalue weighted by atomic mass is 10.0. The molecule has 0 saturated heterocycles. The zero-order chi connectivity index (χ0) is 11.7. The number of hydrogen-bond acceptors (Lipinski definition) is 2. The standard InChI is InChI=1S/C13H13NO2/c1-9-4-3-5-10(2)11(9)8-14-12(15)6-7-13(14)16/h3-7H,8H2,1-2H3. The van der Waals surface area contributed by atoms with Crippen LogP contribution >= 0.6 is 0 Å². The number of amides is 2. The summed E-state index contributed by atoms with van der Waals surface area (Å²) in [6.45, 7) is 4.34. The fraction of sp³-hybridized carbons (Fsp3) is 0.231. The van der Waals surface area contributed by atoms with Gasteiger partial charge in [-0.15, -0.1) is 0 Å². The molecule has 0 unspecified atom stereocenters. The zero-order valence-electron chi connectivity index (χ0n) is 9.36. The van der Waals surface area contributed by atoms with Gasteiger partial charge in [-0.2, -0.15) is 0 Å². The van der Waals surface area contributed by atoms with Crippen molar-refractivity contribution in [2.24, 2.45) is 0 Å². The molecule has 1 aliphatic rings. The summed E-state index contributed by atoms with van der Waals surface area (Å²) in [7, 11) is 0. The number of rotatable bonds is 2. The van der Waals surface area contributed by atoms with E-state index in [0.29, 0.717) is 6.54 Å². The first-order valence-corrected chi connectivity index (χ1v) is 5.18. The van der Waals surface area contributed by atoms with E-state index in [2.05, 4.69) is 0 Å². The maximum absolute atomic E-state index is 11.4. The molecule has 1 aromatic rings. The van der Waals surface area contributed by atoms with Crippen LogP contribution in [0.5, 0.6) is 0 Å². The van der Waals surface area contributed by atoms with Gasteiger partial charge >= 0.3 is 0 Å². The van der Waals surface area contributed by atoms with E-state index in [9.17, 15) is 9.59 Å². The minimum absolute atomic E-state index is 0.229. The summed E-state index contributed by atoms with van der Waals surface area (Å²) in [5.74, 6) is -0.458. The van der Waals surface area contributed by atoms with Gasteiger partial charge < -0.3 is 0 Å². The summed E-state index contributed by atoms with van der Waals surface area (Å²) >= 11 is 0. The maximum atomic E-state index is 11.4. The molecule has 0 spiro atoms. The fourth-order valence-corrected chi connectivity index (χ4v) is 1.84. The number of carbonyl (C=O) groups is 2. The van der Waals surface area contributed by atoms with Crippen LogP contribution in [0.2, 0.25) is 0 Å². The number of benzene rings is 1. The van der Waals surface area contributed by atoms with Crippen LogP contribution in [0.15, 0.2) is 30.4 Å². The van der Waals surface area contributed by atoms with Crippen molar-refractivity contribution in [2.45, 2.75) is 20.4 Å². The van der Waals surface area contributed by atoms with Crippen molar-refractivity contribution >= 4 is 11.8 Å². The SMILES string of the molecule is Cc1cccc(C)c1CN1C(=O)C=CC1=O.